The van der Waals surface area contributed by atoms with E-state index in [2.05, 4.69) is 47.2 Å². The quantitative estimate of drug-likeness (QED) is 0.560. The van der Waals surface area contributed by atoms with E-state index in [4.69, 9.17) is 17.3 Å². The van der Waals surface area contributed by atoms with E-state index in [1.165, 1.54) is 18.2 Å². The van der Waals surface area contributed by atoms with E-state index in [9.17, 15) is 9.18 Å². The molecule has 2 aromatic carbocycles. The van der Waals surface area contributed by atoms with Gasteiger partial charge in [-0.25, -0.2) is 4.39 Å². The van der Waals surface area contributed by atoms with Crippen molar-refractivity contribution in [3.05, 3.63) is 76.3 Å². The van der Waals surface area contributed by atoms with Crippen LogP contribution in [0.25, 0.3) is 11.1 Å². The molecule has 1 amide bonds. The van der Waals surface area contributed by atoms with Crippen LogP contribution in [0.3, 0.4) is 0 Å². The van der Waals surface area contributed by atoms with Crippen molar-refractivity contribution < 1.29 is 9.18 Å². The summed E-state index contributed by atoms with van der Waals surface area (Å²) in [5.41, 5.74) is 12.2. The van der Waals surface area contributed by atoms with Crippen molar-refractivity contribution in [3.63, 3.8) is 0 Å². The predicted molar refractivity (Wildman–Crippen MR) is 128 cm³/mol. The Morgan fingerprint density at radius 1 is 1.12 bits per heavy atom. The highest BCUT2D eigenvalue weighted by atomic mass is 35.5. The van der Waals surface area contributed by atoms with E-state index < -0.39 is 5.82 Å². The molecule has 0 unspecified atom stereocenters. The number of halogens is 2. The minimum Gasteiger partial charge on any atom is -0.369 e. The Bertz CT molecular complexity index is 1140. The zero-order chi connectivity index (χ0) is 22.8. The van der Waals surface area contributed by atoms with E-state index in [-0.39, 0.29) is 22.5 Å². The molecule has 0 atom stereocenters. The molecular weight excluding hydrogens is 427 g/mol. The van der Waals surface area contributed by atoms with Gasteiger partial charge in [0.15, 0.2) is 0 Å². The number of nitrogens with zero attached hydrogens (tertiary/aromatic N) is 2. The monoisotopic (exact) mass is 452 g/mol. The van der Waals surface area contributed by atoms with Crippen LogP contribution in [0.1, 0.15) is 34.3 Å². The Kier molecular flexibility index (Phi) is 6.44. The number of carbonyl (C=O) groups is 1. The molecule has 2 heterocycles. The summed E-state index contributed by atoms with van der Waals surface area (Å²) in [4.78, 5) is 19.6. The number of aryl methyl sites for hydroxylation is 2. The van der Waals surface area contributed by atoms with Crippen LogP contribution >= 0.6 is 11.6 Å². The lowest BCUT2D eigenvalue weighted by atomic mass is 9.98. The van der Waals surface area contributed by atoms with Crippen LogP contribution in [0, 0.1) is 19.7 Å². The Hall–Kier alpha value is -2.96. The molecule has 5 nitrogen and oxygen atoms in total. The fourth-order valence-electron chi connectivity index (χ4n) is 4.18. The van der Waals surface area contributed by atoms with Crippen LogP contribution in [-0.2, 0) is 0 Å². The van der Waals surface area contributed by atoms with Crippen molar-refractivity contribution in [1.82, 2.24) is 4.98 Å². The molecular formula is C25H26ClFN4O. The van der Waals surface area contributed by atoms with Crippen LogP contribution in [0.4, 0.5) is 15.8 Å². The van der Waals surface area contributed by atoms with E-state index in [0.717, 1.165) is 53.9 Å². The molecule has 1 aromatic heterocycles. The van der Waals surface area contributed by atoms with Crippen LogP contribution in [-0.4, -0.2) is 30.0 Å². The van der Waals surface area contributed by atoms with Gasteiger partial charge in [0.25, 0.3) is 5.91 Å². The van der Waals surface area contributed by atoms with Crippen molar-refractivity contribution in [1.29, 1.82) is 0 Å². The lowest BCUT2D eigenvalue weighted by Crippen LogP contribution is -2.40. The molecule has 1 fully saturated rings. The van der Waals surface area contributed by atoms with Crippen LogP contribution in [0.2, 0.25) is 5.02 Å². The van der Waals surface area contributed by atoms with Crippen molar-refractivity contribution in [2.75, 3.05) is 23.3 Å². The molecule has 0 spiro atoms. The van der Waals surface area contributed by atoms with Gasteiger partial charge in [-0.3, -0.25) is 9.78 Å². The molecule has 4 rings (SSSR count). The first-order chi connectivity index (χ1) is 15.3. The number of rotatable bonds is 4. The molecule has 0 bridgehead atoms. The minimum atomic E-state index is -0.563. The molecule has 1 saturated heterocycles. The molecule has 166 valence electrons. The highest BCUT2D eigenvalue weighted by Crippen LogP contribution is 2.38. The largest absolute Gasteiger partial charge is 0.369 e. The number of benzene rings is 2. The van der Waals surface area contributed by atoms with E-state index in [0.29, 0.717) is 5.69 Å². The number of pyridine rings is 1. The normalized spacial score (nSPS) is 14.5. The fraction of sp³-hybridized carbons (Fsp3) is 0.280. The Labute approximate surface area is 192 Å². The maximum Gasteiger partial charge on any atom is 0.255 e. The predicted octanol–water partition coefficient (Wildman–Crippen LogP) is 5.34. The number of aromatic nitrogens is 1. The van der Waals surface area contributed by atoms with Crippen molar-refractivity contribution >= 4 is 28.9 Å². The number of hydrogen-bond acceptors (Lipinski definition) is 4. The van der Waals surface area contributed by atoms with Crippen molar-refractivity contribution in [2.24, 2.45) is 5.73 Å². The molecule has 0 saturated carbocycles. The SMILES string of the molecule is Cc1cc(C)cc(-c2cncc(NC(=O)c3ccc(F)c(Cl)c3)c2N2CCC(N)CC2)c1. The van der Waals surface area contributed by atoms with Gasteiger partial charge in [0.1, 0.15) is 5.82 Å². The second-order valence-electron chi connectivity index (χ2n) is 8.37. The lowest BCUT2D eigenvalue weighted by Gasteiger charge is -2.34. The summed E-state index contributed by atoms with van der Waals surface area (Å²) in [6.45, 7) is 5.70. The third-order valence-electron chi connectivity index (χ3n) is 5.74. The number of amides is 1. The molecule has 0 aliphatic carbocycles. The van der Waals surface area contributed by atoms with Crippen molar-refractivity contribution in [2.45, 2.75) is 32.7 Å². The van der Waals surface area contributed by atoms with Gasteiger partial charge in [0, 0.05) is 36.5 Å². The number of carbonyl (C=O) groups excluding carboxylic acids is 1. The first-order valence-corrected chi connectivity index (χ1v) is 11.0. The first-order valence-electron chi connectivity index (χ1n) is 10.7. The van der Waals surface area contributed by atoms with Crippen LogP contribution in [0.5, 0.6) is 0 Å². The summed E-state index contributed by atoms with van der Waals surface area (Å²) < 4.78 is 13.5. The summed E-state index contributed by atoms with van der Waals surface area (Å²) in [5, 5.41) is 2.87. The zero-order valence-electron chi connectivity index (χ0n) is 18.2. The minimum absolute atomic E-state index is 0.0926. The molecule has 7 heteroatoms. The second-order valence-corrected chi connectivity index (χ2v) is 8.77. The number of hydrogen-bond donors (Lipinski definition) is 2. The maximum atomic E-state index is 13.5. The zero-order valence-corrected chi connectivity index (χ0v) is 18.9. The van der Waals surface area contributed by atoms with Gasteiger partial charge in [0.2, 0.25) is 0 Å². The van der Waals surface area contributed by atoms with Gasteiger partial charge in [-0.15, -0.1) is 0 Å². The molecule has 3 aromatic rings. The Morgan fingerprint density at radius 2 is 1.81 bits per heavy atom. The number of piperidine rings is 1. The molecule has 0 radical (unpaired) electrons. The van der Waals surface area contributed by atoms with Crippen LogP contribution in [0.15, 0.2) is 48.8 Å². The highest BCUT2D eigenvalue weighted by molar-refractivity contribution is 6.31. The van der Waals surface area contributed by atoms with Gasteiger partial charge in [0.05, 0.1) is 22.6 Å². The summed E-state index contributed by atoms with van der Waals surface area (Å²) in [5.74, 6) is -0.937. The van der Waals surface area contributed by atoms with Crippen LogP contribution < -0.4 is 16.0 Å². The van der Waals surface area contributed by atoms with Gasteiger partial charge >= 0.3 is 0 Å². The second kappa shape index (κ2) is 9.27. The summed E-state index contributed by atoms with van der Waals surface area (Å²) >= 11 is 5.88. The van der Waals surface area contributed by atoms with Gasteiger partial charge in [-0.05, 0) is 50.5 Å². The average molecular weight is 453 g/mol. The van der Waals surface area contributed by atoms with E-state index in [1.807, 2.05) is 6.20 Å². The standard InChI is InChI=1S/C25H26ClFN4O/c1-15-9-16(2)11-18(10-15)20-13-29-14-23(24(20)31-7-5-19(28)6-8-31)30-25(32)17-3-4-22(27)21(26)12-17/h3-4,9-14,19H,5-8,28H2,1-2H3,(H,30,32). The summed E-state index contributed by atoms with van der Waals surface area (Å²) in [6, 6.07) is 10.5. The van der Waals surface area contributed by atoms with Gasteiger partial charge in [-0.2, -0.15) is 0 Å². The van der Waals surface area contributed by atoms with E-state index in [1.54, 1.807) is 6.20 Å². The summed E-state index contributed by atoms with van der Waals surface area (Å²) in [7, 11) is 0. The number of anilines is 2. The number of nitrogens with two attached hydrogens (primary N) is 1. The van der Waals surface area contributed by atoms with Gasteiger partial charge < -0.3 is 16.0 Å². The molecule has 1 aliphatic heterocycles. The number of nitrogens with one attached hydrogen (secondary N) is 1. The first kappa shape index (κ1) is 22.2. The third-order valence-corrected chi connectivity index (χ3v) is 6.03. The third kappa shape index (κ3) is 4.76. The highest BCUT2D eigenvalue weighted by Gasteiger charge is 2.24. The van der Waals surface area contributed by atoms with Gasteiger partial charge in [-0.1, -0.05) is 40.9 Å². The topological polar surface area (TPSA) is 71.2 Å². The lowest BCUT2D eigenvalue weighted by molar-refractivity contribution is 0.102. The molecule has 32 heavy (non-hydrogen) atoms. The van der Waals surface area contributed by atoms with Crippen molar-refractivity contribution in [3.8, 4) is 11.1 Å². The maximum absolute atomic E-state index is 13.5. The smallest absolute Gasteiger partial charge is 0.255 e. The summed E-state index contributed by atoms with van der Waals surface area (Å²) in [6.07, 6.45) is 5.23. The Morgan fingerprint density at radius 3 is 2.47 bits per heavy atom. The molecule has 3 N–H and O–H groups in total. The molecule has 1 aliphatic rings. The fourth-order valence-corrected chi connectivity index (χ4v) is 4.36. The Balaban J connectivity index is 1.77. The van der Waals surface area contributed by atoms with E-state index >= 15 is 0 Å². The average Bonchev–Trinajstić information content (AvgIpc) is 2.75.